The maximum Gasteiger partial charge on any atom is 0.203 e. The summed E-state index contributed by atoms with van der Waals surface area (Å²) >= 11 is 5.88. The molecule has 12 heavy (non-hydrogen) atoms. The molecule has 0 bridgehead atoms. The standard InChI is InChI=1S/C9H10ClN2/c1-11-6-7-3-4-8(10)5-9(7)12(11)2/h3-6H,1-2H3/q+1. The predicted molar refractivity (Wildman–Crippen MR) is 49.1 cm³/mol. The van der Waals surface area contributed by atoms with Crippen molar-refractivity contribution in [2.24, 2.45) is 14.1 Å². The molecule has 2 aromatic rings. The number of aryl methyl sites for hydroxylation is 2. The Balaban J connectivity index is 2.88. The first-order chi connectivity index (χ1) is 5.68. The van der Waals surface area contributed by atoms with Crippen molar-refractivity contribution >= 4 is 22.5 Å². The Morgan fingerprint density at radius 3 is 2.92 bits per heavy atom. The first-order valence-electron chi connectivity index (χ1n) is 3.79. The van der Waals surface area contributed by atoms with Crippen LogP contribution >= 0.6 is 11.6 Å². The quantitative estimate of drug-likeness (QED) is 0.547. The van der Waals surface area contributed by atoms with Crippen molar-refractivity contribution in [2.75, 3.05) is 0 Å². The van der Waals surface area contributed by atoms with E-state index in [1.165, 1.54) is 5.39 Å². The molecule has 0 radical (unpaired) electrons. The zero-order valence-corrected chi connectivity index (χ0v) is 7.84. The monoisotopic (exact) mass is 181 g/mol. The van der Waals surface area contributed by atoms with Gasteiger partial charge in [0.25, 0.3) is 0 Å². The van der Waals surface area contributed by atoms with Gasteiger partial charge in [0, 0.05) is 5.02 Å². The largest absolute Gasteiger partial charge is 0.203 e. The lowest BCUT2D eigenvalue weighted by Crippen LogP contribution is -2.35. The molecule has 1 aromatic carbocycles. The van der Waals surface area contributed by atoms with Gasteiger partial charge in [0.05, 0.1) is 12.4 Å². The molecule has 0 fully saturated rings. The third kappa shape index (κ3) is 0.994. The fourth-order valence-electron chi connectivity index (χ4n) is 1.36. The average Bonchev–Trinajstić information content (AvgIpc) is 2.31. The smallest absolute Gasteiger partial charge is 0.156 e. The Bertz CT molecular complexity index is 431. The Kier molecular flexibility index (Phi) is 1.58. The summed E-state index contributed by atoms with van der Waals surface area (Å²) in [4.78, 5) is 0. The molecule has 0 amide bonds. The zero-order chi connectivity index (χ0) is 8.72. The fraction of sp³-hybridized carbons (Fsp3) is 0.222. The molecule has 0 unspecified atom stereocenters. The molecule has 0 saturated heterocycles. The number of fused-ring (bicyclic) bond motifs is 1. The van der Waals surface area contributed by atoms with Crippen LogP contribution in [0.1, 0.15) is 0 Å². The van der Waals surface area contributed by atoms with Crippen molar-refractivity contribution in [1.29, 1.82) is 0 Å². The van der Waals surface area contributed by atoms with Crippen LogP contribution in [0.5, 0.6) is 0 Å². The van der Waals surface area contributed by atoms with Crippen LogP contribution in [-0.2, 0) is 14.1 Å². The number of hydrogen-bond acceptors (Lipinski definition) is 0. The van der Waals surface area contributed by atoms with Crippen molar-refractivity contribution < 1.29 is 4.68 Å². The topological polar surface area (TPSA) is 8.81 Å². The van der Waals surface area contributed by atoms with E-state index in [1.807, 2.05) is 37.0 Å². The summed E-state index contributed by atoms with van der Waals surface area (Å²) in [5.41, 5.74) is 1.16. The molecule has 0 aliphatic rings. The van der Waals surface area contributed by atoms with Gasteiger partial charge >= 0.3 is 0 Å². The highest BCUT2D eigenvalue weighted by Gasteiger charge is 2.07. The van der Waals surface area contributed by atoms with Crippen molar-refractivity contribution in [2.45, 2.75) is 0 Å². The molecule has 1 heterocycles. The van der Waals surface area contributed by atoms with E-state index in [0.29, 0.717) is 0 Å². The van der Waals surface area contributed by atoms with Crippen LogP contribution in [0.25, 0.3) is 10.9 Å². The van der Waals surface area contributed by atoms with Gasteiger partial charge in [-0.2, -0.15) is 4.68 Å². The van der Waals surface area contributed by atoms with Gasteiger partial charge in [0.15, 0.2) is 7.05 Å². The van der Waals surface area contributed by atoms with Gasteiger partial charge in [-0.3, -0.25) is 0 Å². The molecule has 0 N–H and O–H groups in total. The molecule has 0 aliphatic carbocycles. The minimum Gasteiger partial charge on any atom is -0.156 e. The van der Waals surface area contributed by atoms with E-state index < -0.39 is 0 Å². The molecule has 3 heteroatoms. The van der Waals surface area contributed by atoms with E-state index in [0.717, 1.165) is 10.5 Å². The van der Waals surface area contributed by atoms with E-state index >= 15 is 0 Å². The van der Waals surface area contributed by atoms with E-state index in [4.69, 9.17) is 11.6 Å². The molecule has 0 saturated carbocycles. The lowest BCUT2D eigenvalue weighted by molar-refractivity contribution is -0.748. The van der Waals surface area contributed by atoms with Crippen LogP contribution in [0.3, 0.4) is 0 Å². The molecular formula is C9H10ClN2+. The van der Waals surface area contributed by atoms with Gasteiger partial charge in [-0.05, 0) is 18.2 Å². The third-order valence-corrected chi connectivity index (χ3v) is 2.38. The van der Waals surface area contributed by atoms with E-state index in [9.17, 15) is 0 Å². The number of rotatable bonds is 0. The lowest BCUT2D eigenvalue weighted by atomic mass is 10.3. The molecule has 0 atom stereocenters. The van der Waals surface area contributed by atoms with Gasteiger partial charge in [-0.25, -0.2) is 0 Å². The highest BCUT2D eigenvalue weighted by atomic mass is 35.5. The lowest BCUT2D eigenvalue weighted by Gasteiger charge is -1.91. The highest BCUT2D eigenvalue weighted by molar-refractivity contribution is 6.31. The minimum absolute atomic E-state index is 0.782. The Hall–Kier alpha value is -1.02. The van der Waals surface area contributed by atoms with E-state index in [-0.39, 0.29) is 0 Å². The maximum absolute atomic E-state index is 5.88. The fourth-order valence-corrected chi connectivity index (χ4v) is 1.53. The minimum atomic E-state index is 0.782. The molecule has 0 spiro atoms. The average molecular weight is 182 g/mol. The molecular weight excluding hydrogens is 172 g/mol. The SMILES string of the molecule is Cn1c2cc(Cl)ccc2c[n+]1C. The van der Waals surface area contributed by atoms with Crippen LogP contribution in [-0.4, -0.2) is 4.68 Å². The number of halogens is 1. The zero-order valence-electron chi connectivity index (χ0n) is 7.08. The number of hydrogen-bond donors (Lipinski definition) is 0. The first-order valence-corrected chi connectivity index (χ1v) is 4.17. The van der Waals surface area contributed by atoms with Gasteiger partial charge in [0.1, 0.15) is 5.52 Å². The second kappa shape index (κ2) is 2.49. The van der Waals surface area contributed by atoms with Gasteiger partial charge in [-0.15, -0.1) is 4.68 Å². The Morgan fingerprint density at radius 1 is 1.42 bits per heavy atom. The van der Waals surface area contributed by atoms with Gasteiger partial charge in [-0.1, -0.05) is 11.6 Å². The number of nitrogens with zero attached hydrogens (tertiary/aromatic N) is 2. The molecule has 62 valence electrons. The summed E-state index contributed by atoms with van der Waals surface area (Å²) in [5.74, 6) is 0. The van der Waals surface area contributed by atoms with Crippen LogP contribution < -0.4 is 4.68 Å². The maximum atomic E-state index is 5.88. The second-order valence-corrected chi connectivity index (χ2v) is 3.37. The van der Waals surface area contributed by atoms with E-state index in [1.54, 1.807) is 0 Å². The highest BCUT2D eigenvalue weighted by Crippen LogP contribution is 2.16. The summed E-state index contributed by atoms with van der Waals surface area (Å²) in [6.07, 6.45) is 2.08. The predicted octanol–water partition coefficient (Wildman–Crippen LogP) is 1.66. The number of aromatic nitrogens is 2. The van der Waals surface area contributed by atoms with Gasteiger partial charge in [0.2, 0.25) is 6.20 Å². The summed E-state index contributed by atoms with van der Waals surface area (Å²) in [5, 5.41) is 1.99. The molecule has 1 aromatic heterocycles. The van der Waals surface area contributed by atoms with Crippen LogP contribution in [0.4, 0.5) is 0 Å². The van der Waals surface area contributed by atoms with Gasteiger partial charge < -0.3 is 0 Å². The van der Waals surface area contributed by atoms with Crippen LogP contribution in [0, 0.1) is 0 Å². The van der Waals surface area contributed by atoms with Crippen LogP contribution in [0.15, 0.2) is 24.4 Å². The van der Waals surface area contributed by atoms with Crippen molar-refractivity contribution in [1.82, 2.24) is 4.68 Å². The first kappa shape index (κ1) is 7.62. The molecule has 2 rings (SSSR count). The van der Waals surface area contributed by atoms with Crippen molar-refractivity contribution in [3.05, 3.63) is 29.4 Å². The number of benzene rings is 1. The Labute approximate surface area is 76.0 Å². The normalized spacial score (nSPS) is 10.9. The summed E-state index contributed by atoms with van der Waals surface area (Å²) in [6, 6.07) is 5.90. The second-order valence-electron chi connectivity index (χ2n) is 2.93. The Morgan fingerprint density at radius 2 is 2.17 bits per heavy atom. The van der Waals surface area contributed by atoms with Crippen molar-refractivity contribution in [3.63, 3.8) is 0 Å². The molecule has 2 nitrogen and oxygen atoms in total. The summed E-state index contributed by atoms with van der Waals surface area (Å²) in [7, 11) is 4.02. The summed E-state index contributed by atoms with van der Waals surface area (Å²) < 4.78 is 4.09. The third-order valence-electron chi connectivity index (χ3n) is 2.14. The van der Waals surface area contributed by atoms with E-state index in [2.05, 4.69) is 10.9 Å². The molecule has 0 aliphatic heterocycles. The van der Waals surface area contributed by atoms with Crippen molar-refractivity contribution in [3.8, 4) is 0 Å². The van der Waals surface area contributed by atoms with Crippen LogP contribution in [0.2, 0.25) is 5.02 Å². The summed E-state index contributed by atoms with van der Waals surface area (Å²) in [6.45, 7) is 0.